The van der Waals surface area contributed by atoms with Gasteiger partial charge in [0.1, 0.15) is 11.9 Å². The fourth-order valence-corrected chi connectivity index (χ4v) is 2.50. The first-order chi connectivity index (χ1) is 10.6. The molecule has 114 valence electrons. The Hall–Kier alpha value is -2.42. The Morgan fingerprint density at radius 1 is 1.45 bits per heavy atom. The first kappa shape index (κ1) is 14.5. The van der Waals surface area contributed by atoms with Gasteiger partial charge in [0.15, 0.2) is 0 Å². The summed E-state index contributed by atoms with van der Waals surface area (Å²) in [6.07, 6.45) is 1.84. The van der Waals surface area contributed by atoms with Crippen molar-refractivity contribution in [3.63, 3.8) is 0 Å². The number of rotatable bonds is 3. The molecular weight excluding hydrogens is 304 g/mol. The van der Waals surface area contributed by atoms with Gasteiger partial charge in [-0.25, -0.2) is 9.67 Å². The Morgan fingerprint density at radius 3 is 3.00 bits per heavy atom. The van der Waals surface area contributed by atoms with Gasteiger partial charge in [-0.3, -0.25) is 14.9 Å². The van der Waals surface area contributed by atoms with E-state index in [4.69, 9.17) is 0 Å². The lowest BCUT2D eigenvalue weighted by Gasteiger charge is -2.22. The van der Waals surface area contributed by atoms with Crippen LogP contribution in [0.4, 0.5) is 11.8 Å². The van der Waals surface area contributed by atoms with Gasteiger partial charge >= 0.3 is 0 Å². The number of carbonyl (C=O) groups is 2. The number of nitrogens with one attached hydrogen (secondary N) is 2. The molecule has 0 saturated carbocycles. The van der Waals surface area contributed by atoms with Crippen molar-refractivity contribution >= 4 is 35.3 Å². The van der Waals surface area contributed by atoms with E-state index in [2.05, 4.69) is 25.7 Å². The highest BCUT2D eigenvalue weighted by Crippen LogP contribution is 2.26. The second-order valence-electron chi connectivity index (χ2n) is 4.79. The van der Waals surface area contributed by atoms with Crippen LogP contribution in [0.15, 0.2) is 23.4 Å². The van der Waals surface area contributed by atoms with Crippen molar-refractivity contribution in [2.24, 2.45) is 0 Å². The molecule has 0 fully saturated rings. The zero-order valence-electron chi connectivity index (χ0n) is 12.0. The summed E-state index contributed by atoms with van der Waals surface area (Å²) in [7, 11) is 0. The van der Waals surface area contributed by atoms with Gasteiger partial charge in [0.25, 0.3) is 5.91 Å². The molecule has 1 aliphatic heterocycles. The van der Waals surface area contributed by atoms with Crippen LogP contribution in [0.1, 0.15) is 18.2 Å². The summed E-state index contributed by atoms with van der Waals surface area (Å²) in [6, 6.07) is 4.60. The van der Waals surface area contributed by atoms with E-state index in [1.54, 1.807) is 12.1 Å². The van der Waals surface area contributed by atoms with Crippen LogP contribution in [0, 0.1) is 6.92 Å². The number of amides is 2. The summed E-state index contributed by atoms with van der Waals surface area (Å²) < 4.78 is 1.44. The van der Waals surface area contributed by atoms with Crippen LogP contribution in [0.3, 0.4) is 0 Å². The van der Waals surface area contributed by atoms with E-state index in [-0.39, 0.29) is 24.2 Å². The number of pyridine rings is 1. The quantitative estimate of drug-likeness (QED) is 0.825. The molecule has 1 atom stereocenters. The minimum Gasteiger partial charge on any atom is -0.309 e. The minimum atomic E-state index is -0.737. The number of hydrogen-bond acceptors (Lipinski definition) is 6. The van der Waals surface area contributed by atoms with Gasteiger partial charge in [-0.1, -0.05) is 17.8 Å². The number of anilines is 2. The number of aryl methyl sites for hydroxylation is 1. The molecule has 2 aromatic rings. The van der Waals surface area contributed by atoms with E-state index < -0.39 is 6.04 Å². The molecule has 0 bridgehead atoms. The van der Waals surface area contributed by atoms with Gasteiger partial charge in [0, 0.05) is 5.69 Å². The Bertz CT molecular complexity index is 744. The van der Waals surface area contributed by atoms with Gasteiger partial charge in [-0.15, -0.1) is 5.10 Å². The number of fused-ring (bicyclic) bond motifs is 1. The molecule has 2 amide bonds. The Kier molecular flexibility index (Phi) is 3.80. The zero-order chi connectivity index (χ0) is 15.7. The highest BCUT2D eigenvalue weighted by atomic mass is 32.2. The van der Waals surface area contributed by atoms with E-state index >= 15 is 0 Å². The molecule has 0 aromatic carbocycles. The number of carbonyl (C=O) groups excluding carboxylic acids is 2. The monoisotopic (exact) mass is 318 g/mol. The number of hydrogen-bond donors (Lipinski definition) is 2. The predicted molar refractivity (Wildman–Crippen MR) is 81.7 cm³/mol. The lowest BCUT2D eigenvalue weighted by Crippen LogP contribution is -2.36. The molecule has 3 rings (SSSR count). The first-order valence-corrected chi connectivity index (χ1v) is 7.84. The van der Waals surface area contributed by atoms with Crippen molar-refractivity contribution in [3.05, 3.63) is 23.9 Å². The SMILES string of the molecule is CSc1nc2n(n1)[C@H](C(=O)Nc1cccc(C)n1)CC(=O)N2. The van der Waals surface area contributed by atoms with E-state index in [1.165, 1.54) is 16.4 Å². The fraction of sp³-hybridized carbons (Fsp3) is 0.308. The lowest BCUT2D eigenvalue weighted by atomic mass is 10.1. The summed E-state index contributed by atoms with van der Waals surface area (Å²) in [5.74, 6) is 0.136. The summed E-state index contributed by atoms with van der Waals surface area (Å²) in [6.45, 7) is 1.84. The summed E-state index contributed by atoms with van der Waals surface area (Å²) >= 11 is 1.34. The third-order valence-corrected chi connectivity index (χ3v) is 3.70. The highest BCUT2D eigenvalue weighted by molar-refractivity contribution is 7.98. The Balaban J connectivity index is 1.86. The lowest BCUT2D eigenvalue weighted by molar-refractivity contribution is -0.125. The van der Waals surface area contributed by atoms with Crippen LogP contribution in [-0.4, -0.2) is 37.8 Å². The highest BCUT2D eigenvalue weighted by Gasteiger charge is 2.33. The molecule has 0 saturated heterocycles. The molecule has 1 aliphatic rings. The topological polar surface area (TPSA) is 102 Å². The normalized spacial score (nSPS) is 16.8. The Morgan fingerprint density at radius 2 is 2.27 bits per heavy atom. The smallest absolute Gasteiger partial charge is 0.251 e. The second-order valence-corrected chi connectivity index (χ2v) is 5.56. The van der Waals surface area contributed by atoms with Gasteiger partial charge in [0.2, 0.25) is 17.0 Å². The maximum absolute atomic E-state index is 12.5. The second kappa shape index (κ2) is 5.76. The molecule has 9 heteroatoms. The largest absolute Gasteiger partial charge is 0.309 e. The molecule has 3 heterocycles. The molecule has 8 nitrogen and oxygen atoms in total. The number of nitrogens with zero attached hydrogens (tertiary/aromatic N) is 4. The first-order valence-electron chi connectivity index (χ1n) is 6.61. The summed E-state index contributed by atoms with van der Waals surface area (Å²) in [5, 5.41) is 10.1. The molecular formula is C13H14N6O2S. The van der Waals surface area contributed by atoms with E-state index in [0.717, 1.165) is 5.69 Å². The molecule has 0 radical (unpaired) electrons. The summed E-state index contributed by atoms with van der Waals surface area (Å²) in [4.78, 5) is 32.6. The van der Waals surface area contributed by atoms with Crippen LogP contribution in [0.25, 0.3) is 0 Å². The molecule has 2 aromatic heterocycles. The third kappa shape index (κ3) is 2.80. The van der Waals surface area contributed by atoms with Crippen molar-refractivity contribution in [1.29, 1.82) is 0 Å². The van der Waals surface area contributed by atoms with Crippen molar-refractivity contribution in [1.82, 2.24) is 19.7 Å². The van der Waals surface area contributed by atoms with Crippen LogP contribution in [-0.2, 0) is 9.59 Å². The van der Waals surface area contributed by atoms with Crippen molar-refractivity contribution in [3.8, 4) is 0 Å². The van der Waals surface area contributed by atoms with Gasteiger partial charge in [-0.2, -0.15) is 4.98 Å². The maximum atomic E-state index is 12.5. The zero-order valence-corrected chi connectivity index (χ0v) is 12.8. The molecule has 2 N–H and O–H groups in total. The van der Waals surface area contributed by atoms with Gasteiger partial charge in [-0.05, 0) is 25.3 Å². The fourth-order valence-electron chi connectivity index (χ4n) is 2.16. The third-order valence-electron chi connectivity index (χ3n) is 3.16. The van der Waals surface area contributed by atoms with Crippen molar-refractivity contribution in [2.45, 2.75) is 24.5 Å². The van der Waals surface area contributed by atoms with Crippen LogP contribution < -0.4 is 10.6 Å². The molecule has 0 aliphatic carbocycles. The Labute approximate surface area is 130 Å². The van der Waals surface area contributed by atoms with E-state index in [9.17, 15) is 9.59 Å². The summed E-state index contributed by atoms with van der Waals surface area (Å²) in [5.41, 5.74) is 0.797. The standard InChI is InChI=1S/C13H14N6O2S/c1-7-4-3-5-9(14-7)15-11(21)8-6-10(20)16-12-17-13(22-2)18-19(8)12/h3-5,8H,6H2,1-2H3,(H,14,15,21)(H,16,17,18,20)/t8-/m0/s1. The molecule has 0 unspecified atom stereocenters. The maximum Gasteiger partial charge on any atom is 0.251 e. The van der Waals surface area contributed by atoms with E-state index in [1.807, 2.05) is 19.2 Å². The minimum absolute atomic E-state index is 0.0157. The van der Waals surface area contributed by atoms with Crippen LogP contribution in [0.5, 0.6) is 0 Å². The van der Waals surface area contributed by atoms with Crippen molar-refractivity contribution in [2.75, 3.05) is 16.9 Å². The van der Waals surface area contributed by atoms with Crippen LogP contribution in [0.2, 0.25) is 0 Å². The average molecular weight is 318 g/mol. The van der Waals surface area contributed by atoms with Crippen molar-refractivity contribution < 1.29 is 9.59 Å². The molecule has 0 spiro atoms. The average Bonchev–Trinajstić information content (AvgIpc) is 2.89. The van der Waals surface area contributed by atoms with Gasteiger partial charge < -0.3 is 5.32 Å². The number of aromatic nitrogens is 4. The predicted octanol–water partition coefficient (Wildman–Crippen LogP) is 1.23. The van der Waals surface area contributed by atoms with Gasteiger partial charge in [0.05, 0.1) is 6.42 Å². The number of thioether (sulfide) groups is 1. The van der Waals surface area contributed by atoms with Crippen LogP contribution >= 0.6 is 11.8 Å². The van der Waals surface area contributed by atoms with E-state index in [0.29, 0.717) is 11.0 Å². The molecule has 22 heavy (non-hydrogen) atoms.